The zero-order valence-corrected chi connectivity index (χ0v) is 17.9. The first-order chi connectivity index (χ1) is 12.6. The van der Waals surface area contributed by atoms with Crippen molar-refractivity contribution in [3.63, 3.8) is 0 Å². The lowest BCUT2D eigenvalue weighted by Gasteiger charge is -2.13. The molecule has 2 aromatic carbocycles. The zero-order chi connectivity index (χ0) is 18.8. The molecule has 4 nitrogen and oxygen atoms in total. The van der Waals surface area contributed by atoms with Crippen LogP contribution >= 0.6 is 48.0 Å². The number of rotatable bonds is 7. The van der Waals surface area contributed by atoms with E-state index in [1.165, 1.54) is 9.79 Å². The van der Waals surface area contributed by atoms with Gasteiger partial charge in [-0.2, -0.15) is 0 Å². The van der Waals surface area contributed by atoms with Crippen molar-refractivity contribution >= 4 is 69.6 Å². The Morgan fingerprint density at radius 3 is 1.50 bits per heavy atom. The largest absolute Gasteiger partial charge is 0.366 e. The minimum absolute atomic E-state index is 0.618. The molecule has 0 aliphatic carbocycles. The SMILES string of the molecule is CNC(=S)Nc1ccccc1SCCSc1ccccc1NC(=S)NC. The number of benzene rings is 2. The highest BCUT2D eigenvalue weighted by atomic mass is 32.2. The van der Waals surface area contributed by atoms with Crippen LogP contribution in [0.4, 0.5) is 11.4 Å². The van der Waals surface area contributed by atoms with Crippen LogP contribution < -0.4 is 21.3 Å². The van der Waals surface area contributed by atoms with Gasteiger partial charge in [0, 0.05) is 35.4 Å². The van der Waals surface area contributed by atoms with Gasteiger partial charge in [-0.25, -0.2) is 0 Å². The summed E-state index contributed by atoms with van der Waals surface area (Å²) in [6, 6.07) is 16.4. The summed E-state index contributed by atoms with van der Waals surface area (Å²) in [6.45, 7) is 0. The molecule has 2 aromatic rings. The summed E-state index contributed by atoms with van der Waals surface area (Å²) in [4.78, 5) is 2.38. The van der Waals surface area contributed by atoms with E-state index in [4.69, 9.17) is 24.4 Å². The van der Waals surface area contributed by atoms with Crippen LogP contribution in [0.5, 0.6) is 0 Å². The molecule has 26 heavy (non-hydrogen) atoms. The van der Waals surface area contributed by atoms with Gasteiger partial charge in [-0.1, -0.05) is 24.3 Å². The Kier molecular flexibility index (Phi) is 9.04. The van der Waals surface area contributed by atoms with Crippen LogP contribution in [0.1, 0.15) is 0 Å². The summed E-state index contributed by atoms with van der Waals surface area (Å²) in [5, 5.41) is 13.6. The van der Waals surface area contributed by atoms with E-state index in [1.807, 2.05) is 74.0 Å². The smallest absolute Gasteiger partial charge is 0.170 e. The van der Waals surface area contributed by atoms with Crippen molar-refractivity contribution in [2.45, 2.75) is 9.79 Å². The van der Waals surface area contributed by atoms with Crippen molar-refractivity contribution < 1.29 is 0 Å². The lowest BCUT2D eigenvalue weighted by Crippen LogP contribution is -2.24. The van der Waals surface area contributed by atoms with Gasteiger partial charge in [0.25, 0.3) is 0 Å². The third kappa shape index (κ3) is 6.68. The van der Waals surface area contributed by atoms with Gasteiger partial charge in [-0.3, -0.25) is 0 Å². The van der Waals surface area contributed by atoms with Crippen LogP contribution in [-0.2, 0) is 0 Å². The molecular formula is C18H22N4S4. The molecule has 0 amide bonds. The van der Waals surface area contributed by atoms with E-state index < -0.39 is 0 Å². The maximum absolute atomic E-state index is 5.20. The summed E-state index contributed by atoms with van der Waals surface area (Å²) in [5.74, 6) is 1.97. The van der Waals surface area contributed by atoms with Gasteiger partial charge in [0.1, 0.15) is 0 Å². The lowest BCUT2D eigenvalue weighted by atomic mass is 10.3. The molecule has 8 heteroatoms. The number of para-hydroxylation sites is 2. The van der Waals surface area contributed by atoms with E-state index in [2.05, 4.69) is 33.4 Å². The number of hydrogen-bond donors (Lipinski definition) is 4. The molecule has 0 aliphatic rings. The van der Waals surface area contributed by atoms with Crippen LogP contribution in [-0.4, -0.2) is 35.8 Å². The third-order valence-corrected chi connectivity index (χ3v) is 6.34. The summed E-state index contributed by atoms with van der Waals surface area (Å²) < 4.78 is 0. The molecule has 0 saturated carbocycles. The van der Waals surface area contributed by atoms with Crippen LogP contribution in [0.2, 0.25) is 0 Å². The first kappa shape index (κ1) is 20.8. The van der Waals surface area contributed by atoms with Crippen molar-refractivity contribution in [1.29, 1.82) is 0 Å². The molecule has 0 bridgehead atoms. The Morgan fingerprint density at radius 1 is 0.731 bits per heavy atom. The molecule has 0 aromatic heterocycles. The van der Waals surface area contributed by atoms with Gasteiger partial charge >= 0.3 is 0 Å². The van der Waals surface area contributed by atoms with E-state index in [1.54, 1.807) is 0 Å². The second kappa shape index (κ2) is 11.3. The topological polar surface area (TPSA) is 48.1 Å². The normalized spacial score (nSPS) is 10.1. The standard InChI is InChI=1S/C18H22N4S4/c1-19-17(23)21-13-7-3-5-9-15(13)25-11-12-26-16-10-6-4-8-14(16)22-18(24)20-2/h3-10H,11-12H2,1-2H3,(H2,19,21,23)(H2,20,22,24). The molecule has 0 unspecified atom stereocenters. The number of hydrogen-bond acceptors (Lipinski definition) is 4. The van der Waals surface area contributed by atoms with Crippen molar-refractivity contribution in [2.75, 3.05) is 36.2 Å². The molecule has 0 aliphatic heterocycles. The second-order valence-corrected chi connectivity index (χ2v) is 8.19. The Morgan fingerprint density at radius 2 is 1.12 bits per heavy atom. The Bertz CT molecular complexity index is 688. The summed E-state index contributed by atoms with van der Waals surface area (Å²) in [5.41, 5.74) is 2.06. The van der Waals surface area contributed by atoms with Gasteiger partial charge < -0.3 is 21.3 Å². The van der Waals surface area contributed by atoms with Crippen LogP contribution in [0.3, 0.4) is 0 Å². The minimum Gasteiger partial charge on any atom is -0.366 e. The maximum atomic E-state index is 5.20. The highest BCUT2D eigenvalue weighted by Crippen LogP contribution is 2.31. The predicted octanol–water partition coefficient (Wildman–Crippen LogP) is 4.40. The van der Waals surface area contributed by atoms with E-state index in [-0.39, 0.29) is 0 Å². The molecule has 0 fully saturated rings. The first-order valence-corrected chi connectivity index (χ1v) is 10.8. The molecular weight excluding hydrogens is 400 g/mol. The fourth-order valence-corrected chi connectivity index (χ4v) is 4.29. The van der Waals surface area contributed by atoms with Crippen molar-refractivity contribution in [3.05, 3.63) is 48.5 Å². The summed E-state index contributed by atoms with van der Waals surface area (Å²) in [7, 11) is 3.62. The van der Waals surface area contributed by atoms with Crippen LogP contribution in [0.15, 0.2) is 58.3 Å². The molecule has 0 heterocycles. The summed E-state index contributed by atoms with van der Waals surface area (Å²) >= 11 is 14.0. The number of anilines is 2. The quantitative estimate of drug-likeness (QED) is 0.298. The highest BCUT2D eigenvalue weighted by Gasteiger charge is 2.06. The van der Waals surface area contributed by atoms with Crippen molar-refractivity contribution in [3.8, 4) is 0 Å². The predicted molar refractivity (Wildman–Crippen MR) is 125 cm³/mol. The average molecular weight is 423 g/mol. The Hall–Kier alpha value is -1.48. The molecule has 0 saturated heterocycles. The summed E-state index contributed by atoms with van der Waals surface area (Å²) in [6.07, 6.45) is 0. The monoisotopic (exact) mass is 422 g/mol. The van der Waals surface area contributed by atoms with Gasteiger partial charge in [0.05, 0.1) is 11.4 Å². The van der Waals surface area contributed by atoms with E-state index in [9.17, 15) is 0 Å². The van der Waals surface area contributed by atoms with Gasteiger partial charge in [0.15, 0.2) is 10.2 Å². The van der Waals surface area contributed by atoms with Gasteiger partial charge in [-0.15, -0.1) is 23.5 Å². The number of thioether (sulfide) groups is 2. The number of nitrogens with one attached hydrogen (secondary N) is 4. The van der Waals surface area contributed by atoms with E-state index in [0.717, 1.165) is 22.9 Å². The van der Waals surface area contributed by atoms with Crippen molar-refractivity contribution in [2.24, 2.45) is 0 Å². The maximum Gasteiger partial charge on any atom is 0.170 e. The van der Waals surface area contributed by atoms with E-state index in [0.29, 0.717) is 10.2 Å². The second-order valence-electron chi connectivity index (χ2n) is 5.10. The highest BCUT2D eigenvalue weighted by molar-refractivity contribution is 8.03. The molecule has 0 spiro atoms. The van der Waals surface area contributed by atoms with Crippen LogP contribution in [0.25, 0.3) is 0 Å². The molecule has 0 atom stereocenters. The minimum atomic E-state index is 0.618. The van der Waals surface area contributed by atoms with Gasteiger partial charge in [-0.05, 0) is 48.7 Å². The third-order valence-electron chi connectivity index (χ3n) is 3.32. The molecule has 138 valence electrons. The van der Waals surface area contributed by atoms with E-state index >= 15 is 0 Å². The lowest BCUT2D eigenvalue weighted by molar-refractivity contribution is 1.19. The Balaban J connectivity index is 1.90. The Labute approximate surface area is 174 Å². The molecule has 4 N–H and O–H groups in total. The number of thiocarbonyl (C=S) groups is 2. The van der Waals surface area contributed by atoms with Crippen LogP contribution in [0, 0.1) is 0 Å². The van der Waals surface area contributed by atoms with Crippen molar-refractivity contribution in [1.82, 2.24) is 10.6 Å². The average Bonchev–Trinajstić information content (AvgIpc) is 2.67. The fourth-order valence-electron chi connectivity index (χ4n) is 2.06. The molecule has 2 rings (SSSR count). The van der Waals surface area contributed by atoms with Gasteiger partial charge in [0.2, 0.25) is 0 Å². The first-order valence-electron chi connectivity index (χ1n) is 8.05. The molecule has 0 radical (unpaired) electrons. The fraction of sp³-hybridized carbons (Fsp3) is 0.222. The zero-order valence-electron chi connectivity index (χ0n) is 14.7.